The fourth-order valence-electron chi connectivity index (χ4n) is 3.53. The van der Waals surface area contributed by atoms with Crippen molar-refractivity contribution in [2.45, 2.75) is 44.7 Å². The summed E-state index contributed by atoms with van der Waals surface area (Å²) < 4.78 is 0. The highest BCUT2D eigenvalue weighted by atomic mass is 35.5. The summed E-state index contributed by atoms with van der Waals surface area (Å²) in [5, 5.41) is 7.33. The van der Waals surface area contributed by atoms with Crippen LogP contribution >= 0.6 is 23.2 Å². The minimum Gasteiger partial charge on any atom is -0.349 e. The first kappa shape index (κ1) is 20.7. The van der Waals surface area contributed by atoms with Crippen LogP contribution in [-0.4, -0.2) is 11.8 Å². The normalized spacial score (nSPS) is 16.0. The monoisotopic (exact) mass is 418 g/mol. The molecule has 1 aliphatic rings. The zero-order valence-electron chi connectivity index (χ0n) is 15.8. The third kappa shape index (κ3) is 5.49. The molecule has 0 aromatic heterocycles. The zero-order valence-corrected chi connectivity index (χ0v) is 17.3. The molecule has 0 bridgehead atoms. The van der Waals surface area contributed by atoms with Crippen LogP contribution in [-0.2, 0) is 9.59 Å². The third-order valence-corrected chi connectivity index (χ3v) is 5.71. The number of carbonyl (C=O) groups excluding carboxylic acids is 2. The van der Waals surface area contributed by atoms with E-state index in [2.05, 4.69) is 10.6 Å². The summed E-state index contributed by atoms with van der Waals surface area (Å²) in [5.41, 5.74) is 1.91. The summed E-state index contributed by atoms with van der Waals surface area (Å²) in [6.45, 7) is 1.45. The molecule has 1 saturated carbocycles. The SMILES string of the molecule is CC(=O)NC(CC(=O)NC(c1ccc(Cl)cc1)C1CCC1)c1ccc(Cl)cc1. The Morgan fingerprint density at radius 3 is 1.93 bits per heavy atom. The maximum absolute atomic E-state index is 12.9. The van der Waals surface area contributed by atoms with Gasteiger partial charge in [-0.15, -0.1) is 0 Å². The van der Waals surface area contributed by atoms with Gasteiger partial charge in [-0.3, -0.25) is 9.59 Å². The van der Waals surface area contributed by atoms with Crippen molar-refractivity contribution in [1.29, 1.82) is 0 Å². The molecular weight excluding hydrogens is 395 g/mol. The number of halogens is 2. The van der Waals surface area contributed by atoms with Crippen LogP contribution in [0.2, 0.25) is 10.0 Å². The molecular formula is C22H24Cl2N2O2. The summed E-state index contributed by atoms with van der Waals surface area (Å²) in [5.74, 6) is 0.154. The van der Waals surface area contributed by atoms with Crippen LogP contribution in [0.4, 0.5) is 0 Å². The van der Waals surface area contributed by atoms with Crippen LogP contribution in [0.15, 0.2) is 48.5 Å². The van der Waals surface area contributed by atoms with Gasteiger partial charge < -0.3 is 10.6 Å². The molecule has 4 nitrogen and oxygen atoms in total. The lowest BCUT2D eigenvalue weighted by atomic mass is 9.77. The largest absolute Gasteiger partial charge is 0.349 e. The molecule has 2 aromatic carbocycles. The van der Waals surface area contributed by atoms with Crippen LogP contribution in [0, 0.1) is 5.92 Å². The van der Waals surface area contributed by atoms with Crippen molar-refractivity contribution in [2.75, 3.05) is 0 Å². The molecule has 0 spiro atoms. The van der Waals surface area contributed by atoms with Crippen LogP contribution in [0.3, 0.4) is 0 Å². The first-order valence-corrected chi connectivity index (χ1v) is 10.3. The topological polar surface area (TPSA) is 58.2 Å². The van der Waals surface area contributed by atoms with Gasteiger partial charge in [-0.1, -0.05) is 53.9 Å². The van der Waals surface area contributed by atoms with E-state index in [1.54, 1.807) is 12.1 Å². The Labute approximate surface area is 175 Å². The Bertz CT molecular complexity index is 817. The smallest absolute Gasteiger partial charge is 0.222 e. The Hall–Kier alpha value is -2.04. The zero-order chi connectivity index (χ0) is 20.1. The predicted molar refractivity (Wildman–Crippen MR) is 112 cm³/mol. The fraction of sp³-hybridized carbons (Fsp3) is 0.364. The molecule has 0 radical (unpaired) electrons. The molecule has 2 N–H and O–H groups in total. The molecule has 0 saturated heterocycles. The van der Waals surface area contributed by atoms with Crippen LogP contribution in [0.25, 0.3) is 0 Å². The number of nitrogens with one attached hydrogen (secondary N) is 2. The van der Waals surface area contributed by atoms with Crippen molar-refractivity contribution in [2.24, 2.45) is 5.92 Å². The van der Waals surface area contributed by atoms with Crippen LogP contribution in [0.1, 0.15) is 55.8 Å². The quantitative estimate of drug-likeness (QED) is 0.647. The van der Waals surface area contributed by atoms with E-state index in [-0.39, 0.29) is 24.3 Å². The van der Waals surface area contributed by atoms with Crippen molar-refractivity contribution >= 4 is 35.0 Å². The average Bonchev–Trinajstić information content (AvgIpc) is 2.60. The molecule has 2 amide bonds. The standard InChI is InChI=1S/C22H24Cl2N2O2/c1-14(27)25-20(15-5-9-18(23)10-6-15)13-21(28)26-22(16-3-2-4-16)17-7-11-19(24)12-8-17/h5-12,16,20,22H,2-4,13H2,1H3,(H,25,27)(H,26,28). The van der Waals surface area contributed by atoms with E-state index >= 15 is 0 Å². The molecule has 0 aliphatic heterocycles. The second-order valence-corrected chi connectivity index (χ2v) is 8.17. The summed E-state index contributed by atoms with van der Waals surface area (Å²) >= 11 is 12.0. The molecule has 1 fully saturated rings. The first-order valence-electron chi connectivity index (χ1n) is 9.50. The molecule has 6 heteroatoms. The maximum atomic E-state index is 12.9. The molecule has 2 atom stereocenters. The van der Waals surface area contributed by atoms with Crippen LogP contribution in [0.5, 0.6) is 0 Å². The van der Waals surface area contributed by atoms with E-state index in [9.17, 15) is 9.59 Å². The van der Waals surface area contributed by atoms with Gasteiger partial charge in [0.05, 0.1) is 18.5 Å². The highest BCUT2D eigenvalue weighted by molar-refractivity contribution is 6.30. The van der Waals surface area contributed by atoms with E-state index in [0.717, 1.165) is 24.0 Å². The van der Waals surface area contributed by atoms with E-state index in [4.69, 9.17) is 23.2 Å². The van der Waals surface area contributed by atoms with E-state index in [1.165, 1.54) is 13.3 Å². The van der Waals surface area contributed by atoms with Gasteiger partial charge in [-0.25, -0.2) is 0 Å². The summed E-state index contributed by atoms with van der Waals surface area (Å²) in [4.78, 5) is 24.5. The second-order valence-electron chi connectivity index (χ2n) is 7.30. The highest BCUT2D eigenvalue weighted by Gasteiger charge is 2.30. The Morgan fingerprint density at radius 2 is 1.46 bits per heavy atom. The minimum atomic E-state index is -0.401. The molecule has 28 heavy (non-hydrogen) atoms. The summed E-state index contributed by atoms with van der Waals surface area (Å²) in [6, 6.07) is 14.4. The highest BCUT2D eigenvalue weighted by Crippen LogP contribution is 2.38. The predicted octanol–water partition coefficient (Wildman–Crippen LogP) is 5.22. The maximum Gasteiger partial charge on any atom is 0.222 e. The molecule has 0 heterocycles. The van der Waals surface area contributed by atoms with Gasteiger partial charge in [-0.05, 0) is 54.2 Å². The van der Waals surface area contributed by atoms with Crippen molar-refractivity contribution in [3.05, 3.63) is 69.7 Å². The van der Waals surface area contributed by atoms with Crippen molar-refractivity contribution < 1.29 is 9.59 Å². The number of rotatable bonds is 7. The van der Waals surface area contributed by atoms with E-state index in [1.807, 2.05) is 36.4 Å². The summed E-state index contributed by atoms with van der Waals surface area (Å²) in [6.07, 6.45) is 3.54. The third-order valence-electron chi connectivity index (χ3n) is 5.21. The van der Waals surface area contributed by atoms with Gasteiger partial charge in [0.2, 0.25) is 11.8 Å². The van der Waals surface area contributed by atoms with Gasteiger partial charge >= 0.3 is 0 Å². The van der Waals surface area contributed by atoms with Gasteiger partial charge in [-0.2, -0.15) is 0 Å². The summed E-state index contributed by atoms with van der Waals surface area (Å²) in [7, 11) is 0. The number of hydrogen-bond acceptors (Lipinski definition) is 2. The van der Waals surface area contributed by atoms with Gasteiger partial charge in [0, 0.05) is 17.0 Å². The minimum absolute atomic E-state index is 0.0401. The second kappa shape index (κ2) is 9.44. The van der Waals surface area contributed by atoms with Gasteiger partial charge in [0.1, 0.15) is 0 Å². The van der Waals surface area contributed by atoms with E-state index in [0.29, 0.717) is 16.0 Å². The van der Waals surface area contributed by atoms with Crippen molar-refractivity contribution in [1.82, 2.24) is 10.6 Å². The fourth-order valence-corrected chi connectivity index (χ4v) is 3.78. The molecule has 3 rings (SSSR count). The molecule has 2 aromatic rings. The molecule has 148 valence electrons. The average molecular weight is 419 g/mol. The Morgan fingerprint density at radius 1 is 0.929 bits per heavy atom. The lowest BCUT2D eigenvalue weighted by molar-refractivity contribution is -0.123. The Kier molecular flexibility index (Phi) is 6.97. The first-order chi connectivity index (χ1) is 13.4. The number of hydrogen-bond donors (Lipinski definition) is 2. The lowest BCUT2D eigenvalue weighted by Crippen LogP contribution is -2.38. The number of amides is 2. The molecule has 2 unspecified atom stereocenters. The Balaban J connectivity index is 1.73. The van der Waals surface area contributed by atoms with Crippen molar-refractivity contribution in [3.8, 4) is 0 Å². The van der Waals surface area contributed by atoms with E-state index < -0.39 is 6.04 Å². The van der Waals surface area contributed by atoms with Gasteiger partial charge in [0.25, 0.3) is 0 Å². The van der Waals surface area contributed by atoms with Crippen LogP contribution < -0.4 is 10.6 Å². The van der Waals surface area contributed by atoms with Crippen molar-refractivity contribution in [3.63, 3.8) is 0 Å². The van der Waals surface area contributed by atoms with Gasteiger partial charge in [0.15, 0.2) is 0 Å². The lowest BCUT2D eigenvalue weighted by Gasteiger charge is -2.35. The number of carbonyl (C=O) groups is 2. The molecule has 1 aliphatic carbocycles. The number of benzene rings is 2.